The van der Waals surface area contributed by atoms with Gasteiger partial charge in [0.1, 0.15) is 0 Å². The van der Waals surface area contributed by atoms with Gasteiger partial charge in [-0.05, 0) is 41.8 Å². The Labute approximate surface area is 173 Å². The summed E-state index contributed by atoms with van der Waals surface area (Å²) in [7, 11) is 1.73. The van der Waals surface area contributed by atoms with Gasteiger partial charge in [0.15, 0.2) is 5.82 Å². The van der Waals surface area contributed by atoms with Gasteiger partial charge in [0.2, 0.25) is 5.82 Å². The number of tetrazole rings is 1. The third-order valence-electron chi connectivity index (χ3n) is 4.71. The van der Waals surface area contributed by atoms with Crippen LogP contribution in [0.2, 0.25) is 0 Å². The molecule has 4 rings (SSSR count). The van der Waals surface area contributed by atoms with Crippen molar-refractivity contribution in [3.05, 3.63) is 65.7 Å². The van der Waals surface area contributed by atoms with Crippen LogP contribution in [0.25, 0.3) is 22.6 Å². The normalized spacial score (nSPS) is 10.8. The minimum Gasteiger partial charge on any atom is -0.305 e. The Morgan fingerprint density at radius 1 is 1.13 bits per heavy atom. The Hall–Kier alpha value is -4.01. The molecule has 3 heterocycles. The number of carbonyl (C=O) groups excluding carboxylic acids is 1. The van der Waals surface area contributed by atoms with Crippen LogP contribution in [0.15, 0.2) is 49.1 Å². The summed E-state index contributed by atoms with van der Waals surface area (Å²) in [5.41, 5.74) is 4.96. The lowest BCUT2D eigenvalue weighted by Gasteiger charge is -2.10. The van der Waals surface area contributed by atoms with E-state index in [1.807, 2.05) is 25.1 Å². The highest BCUT2D eigenvalue weighted by Gasteiger charge is 2.13. The monoisotopic (exact) mass is 400 g/mol. The maximum absolute atomic E-state index is 12.5. The standard InChI is InChI=1S/C21H20N8O/c1-4-14-5-6-15(20-26-28-29(3)27-20)9-16(14)18-11-24-19(12-23-18)25-21(30)17-10-22-8-7-13(17)2/h5-12H,4H2,1-3H3,(H,24,25,30). The van der Waals surface area contributed by atoms with E-state index in [4.69, 9.17) is 0 Å². The predicted octanol–water partition coefficient (Wildman–Crippen LogP) is 2.85. The van der Waals surface area contributed by atoms with E-state index in [0.29, 0.717) is 22.9 Å². The largest absolute Gasteiger partial charge is 0.305 e. The summed E-state index contributed by atoms with van der Waals surface area (Å²) < 4.78 is 0. The molecule has 0 atom stereocenters. The Kier molecular flexibility index (Phi) is 5.25. The van der Waals surface area contributed by atoms with Crippen LogP contribution in [0, 0.1) is 6.92 Å². The summed E-state index contributed by atoms with van der Waals surface area (Å²) in [6.45, 7) is 3.94. The Morgan fingerprint density at radius 3 is 2.67 bits per heavy atom. The van der Waals surface area contributed by atoms with E-state index in [9.17, 15) is 4.79 Å². The Balaban J connectivity index is 1.60. The number of carbonyl (C=O) groups is 1. The molecule has 0 fully saturated rings. The van der Waals surface area contributed by atoms with Crippen molar-refractivity contribution < 1.29 is 4.79 Å². The third kappa shape index (κ3) is 3.90. The summed E-state index contributed by atoms with van der Waals surface area (Å²) in [6, 6.07) is 7.77. The molecule has 0 aliphatic heterocycles. The lowest BCUT2D eigenvalue weighted by molar-refractivity contribution is 0.102. The van der Waals surface area contributed by atoms with Gasteiger partial charge in [0, 0.05) is 23.5 Å². The molecule has 0 saturated carbocycles. The zero-order chi connectivity index (χ0) is 21.1. The van der Waals surface area contributed by atoms with Crippen LogP contribution in [0.3, 0.4) is 0 Å². The van der Waals surface area contributed by atoms with Crippen LogP contribution in [-0.4, -0.2) is 41.1 Å². The number of hydrogen-bond acceptors (Lipinski definition) is 7. The van der Waals surface area contributed by atoms with E-state index in [-0.39, 0.29) is 5.91 Å². The van der Waals surface area contributed by atoms with Crippen molar-refractivity contribution in [1.82, 2.24) is 35.2 Å². The first-order valence-electron chi connectivity index (χ1n) is 9.47. The third-order valence-corrected chi connectivity index (χ3v) is 4.71. The maximum atomic E-state index is 12.5. The molecule has 3 aromatic heterocycles. The summed E-state index contributed by atoms with van der Waals surface area (Å²) in [5, 5.41) is 15.0. The number of aromatic nitrogens is 7. The maximum Gasteiger partial charge on any atom is 0.258 e. The molecule has 0 aliphatic rings. The van der Waals surface area contributed by atoms with Crippen molar-refractivity contribution in [2.24, 2.45) is 7.05 Å². The van der Waals surface area contributed by atoms with Crippen molar-refractivity contribution in [2.45, 2.75) is 20.3 Å². The average Bonchev–Trinajstić information content (AvgIpc) is 3.20. The molecule has 30 heavy (non-hydrogen) atoms. The predicted molar refractivity (Wildman–Crippen MR) is 112 cm³/mol. The molecular weight excluding hydrogens is 380 g/mol. The number of nitrogens with one attached hydrogen (secondary N) is 1. The van der Waals surface area contributed by atoms with Crippen molar-refractivity contribution >= 4 is 11.7 Å². The summed E-state index contributed by atoms with van der Waals surface area (Å²) in [6.07, 6.45) is 7.21. The minimum absolute atomic E-state index is 0.271. The number of benzene rings is 1. The van der Waals surface area contributed by atoms with E-state index >= 15 is 0 Å². The van der Waals surface area contributed by atoms with E-state index in [1.54, 1.807) is 31.7 Å². The van der Waals surface area contributed by atoms with Crippen LogP contribution < -0.4 is 5.32 Å². The smallest absolute Gasteiger partial charge is 0.258 e. The highest BCUT2D eigenvalue weighted by Crippen LogP contribution is 2.27. The second-order valence-corrected chi connectivity index (χ2v) is 6.76. The highest BCUT2D eigenvalue weighted by molar-refractivity contribution is 6.04. The quantitative estimate of drug-likeness (QED) is 0.548. The van der Waals surface area contributed by atoms with Crippen LogP contribution in [0.1, 0.15) is 28.4 Å². The van der Waals surface area contributed by atoms with Crippen molar-refractivity contribution in [3.8, 4) is 22.6 Å². The van der Waals surface area contributed by atoms with Crippen LogP contribution >= 0.6 is 0 Å². The van der Waals surface area contributed by atoms with Crippen LogP contribution in [-0.2, 0) is 13.5 Å². The van der Waals surface area contributed by atoms with Gasteiger partial charge in [0.25, 0.3) is 5.91 Å². The first kappa shape index (κ1) is 19.3. The summed E-state index contributed by atoms with van der Waals surface area (Å²) in [5.74, 6) is 0.648. The van der Waals surface area contributed by atoms with Crippen molar-refractivity contribution in [3.63, 3.8) is 0 Å². The van der Waals surface area contributed by atoms with Gasteiger partial charge in [-0.2, -0.15) is 4.80 Å². The van der Waals surface area contributed by atoms with Gasteiger partial charge in [-0.25, -0.2) is 4.98 Å². The van der Waals surface area contributed by atoms with Gasteiger partial charge in [-0.15, -0.1) is 10.2 Å². The zero-order valence-electron chi connectivity index (χ0n) is 16.9. The molecular formula is C21H20N8O. The SMILES string of the molecule is CCc1ccc(-c2nnn(C)n2)cc1-c1cnc(NC(=O)c2cnccc2C)cn1. The first-order chi connectivity index (χ1) is 14.5. The number of anilines is 1. The van der Waals surface area contributed by atoms with E-state index in [1.165, 1.54) is 11.0 Å². The lowest BCUT2D eigenvalue weighted by Crippen LogP contribution is -2.14. The molecule has 4 aromatic rings. The van der Waals surface area contributed by atoms with Crippen molar-refractivity contribution in [1.29, 1.82) is 0 Å². The highest BCUT2D eigenvalue weighted by atomic mass is 16.1. The van der Waals surface area contributed by atoms with Crippen LogP contribution in [0.4, 0.5) is 5.82 Å². The lowest BCUT2D eigenvalue weighted by atomic mass is 9.99. The van der Waals surface area contributed by atoms with Crippen LogP contribution in [0.5, 0.6) is 0 Å². The fourth-order valence-corrected chi connectivity index (χ4v) is 3.08. The number of hydrogen-bond donors (Lipinski definition) is 1. The molecule has 0 spiro atoms. The Morgan fingerprint density at radius 2 is 2.00 bits per heavy atom. The van der Waals surface area contributed by atoms with Gasteiger partial charge in [-0.1, -0.05) is 19.1 Å². The molecule has 9 nitrogen and oxygen atoms in total. The molecule has 0 aliphatic carbocycles. The number of pyridine rings is 1. The van der Waals surface area contributed by atoms with Gasteiger partial charge in [0.05, 0.1) is 30.7 Å². The van der Waals surface area contributed by atoms with E-state index in [0.717, 1.165) is 28.7 Å². The fraction of sp³-hybridized carbons (Fsp3) is 0.190. The molecule has 9 heteroatoms. The molecule has 0 bridgehead atoms. The minimum atomic E-state index is -0.271. The number of rotatable bonds is 5. The number of amides is 1. The second kappa shape index (κ2) is 8.16. The molecule has 1 amide bonds. The molecule has 0 saturated heterocycles. The zero-order valence-corrected chi connectivity index (χ0v) is 16.9. The van der Waals surface area contributed by atoms with Crippen molar-refractivity contribution in [2.75, 3.05) is 5.32 Å². The molecule has 1 aromatic carbocycles. The molecule has 1 N–H and O–H groups in total. The fourth-order valence-electron chi connectivity index (χ4n) is 3.08. The molecule has 150 valence electrons. The van der Waals surface area contributed by atoms with Gasteiger partial charge in [-0.3, -0.25) is 14.8 Å². The molecule has 0 radical (unpaired) electrons. The van der Waals surface area contributed by atoms with Gasteiger partial charge < -0.3 is 5.32 Å². The number of nitrogens with zero attached hydrogens (tertiary/aromatic N) is 7. The average molecular weight is 400 g/mol. The summed E-state index contributed by atoms with van der Waals surface area (Å²) in [4.78, 5) is 26.8. The van der Waals surface area contributed by atoms with E-state index < -0.39 is 0 Å². The van der Waals surface area contributed by atoms with Gasteiger partial charge >= 0.3 is 0 Å². The van der Waals surface area contributed by atoms with E-state index in [2.05, 4.69) is 42.6 Å². The topological polar surface area (TPSA) is 111 Å². The Bertz CT molecular complexity index is 1200. The first-order valence-corrected chi connectivity index (χ1v) is 9.47. The summed E-state index contributed by atoms with van der Waals surface area (Å²) >= 11 is 0. The second-order valence-electron chi connectivity index (χ2n) is 6.76. The molecule has 0 unspecified atom stereocenters. The number of aryl methyl sites for hydroxylation is 3.